The van der Waals surface area contributed by atoms with Gasteiger partial charge in [-0.3, -0.25) is 13.9 Å². The molecule has 1 atom stereocenters. The molecular formula is C27H39N3O4S. The first kappa shape index (κ1) is 28.4. The topological polar surface area (TPSA) is 86.8 Å². The largest absolute Gasteiger partial charge is 0.354 e. The van der Waals surface area contributed by atoms with Gasteiger partial charge in [-0.1, -0.05) is 63.6 Å². The summed E-state index contributed by atoms with van der Waals surface area (Å²) in [6, 6.07) is 14.1. The van der Waals surface area contributed by atoms with Crippen molar-refractivity contribution in [1.29, 1.82) is 0 Å². The number of aryl methyl sites for hydroxylation is 1. The van der Waals surface area contributed by atoms with Crippen molar-refractivity contribution in [3.63, 3.8) is 0 Å². The normalized spacial score (nSPS) is 12.3. The summed E-state index contributed by atoms with van der Waals surface area (Å²) >= 11 is 0. The average Bonchev–Trinajstić information content (AvgIpc) is 2.81. The number of hydrogen-bond acceptors (Lipinski definition) is 4. The molecule has 0 saturated carbocycles. The number of carbonyl (C=O) groups is 2. The van der Waals surface area contributed by atoms with Gasteiger partial charge in [0.2, 0.25) is 21.8 Å². The lowest BCUT2D eigenvalue weighted by Crippen LogP contribution is -2.51. The molecule has 1 unspecified atom stereocenters. The van der Waals surface area contributed by atoms with E-state index in [1.807, 2.05) is 50.2 Å². The summed E-state index contributed by atoms with van der Waals surface area (Å²) in [5.74, 6) is -0.397. The molecular weight excluding hydrogens is 462 g/mol. The third-order valence-electron chi connectivity index (χ3n) is 6.13. The smallest absolute Gasteiger partial charge is 0.244 e. The number of anilines is 1. The third kappa shape index (κ3) is 8.09. The number of nitrogens with zero attached hydrogens (tertiary/aromatic N) is 2. The maximum absolute atomic E-state index is 13.6. The van der Waals surface area contributed by atoms with Crippen molar-refractivity contribution in [2.24, 2.45) is 0 Å². The van der Waals surface area contributed by atoms with Gasteiger partial charge in [-0.2, -0.15) is 0 Å². The van der Waals surface area contributed by atoms with Crippen molar-refractivity contribution >= 4 is 27.5 Å². The molecule has 35 heavy (non-hydrogen) atoms. The quantitative estimate of drug-likeness (QED) is 0.441. The molecule has 0 aliphatic rings. The lowest BCUT2D eigenvalue weighted by atomic mass is 10.0. The van der Waals surface area contributed by atoms with Crippen molar-refractivity contribution < 1.29 is 18.0 Å². The number of amides is 2. The molecule has 0 aromatic heterocycles. The van der Waals surface area contributed by atoms with Gasteiger partial charge in [0.1, 0.15) is 12.6 Å². The van der Waals surface area contributed by atoms with Gasteiger partial charge in [-0.25, -0.2) is 8.42 Å². The zero-order valence-corrected chi connectivity index (χ0v) is 22.6. The summed E-state index contributed by atoms with van der Waals surface area (Å²) < 4.78 is 26.5. The summed E-state index contributed by atoms with van der Waals surface area (Å²) in [5, 5.41) is 2.89. The molecule has 2 amide bonds. The highest BCUT2D eigenvalue weighted by Crippen LogP contribution is 2.23. The van der Waals surface area contributed by atoms with E-state index in [0.29, 0.717) is 18.2 Å². The van der Waals surface area contributed by atoms with Crippen molar-refractivity contribution in [3.05, 3.63) is 65.2 Å². The molecule has 192 valence electrons. The minimum atomic E-state index is -3.74. The van der Waals surface area contributed by atoms with E-state index in [0.717, 1.165) is 40.1 Å². The first-order valence-electron chi connectivity index (χ1n) is 12.1. The van der Waals surface area contributed by atoms with E-state index in [1.165, 1.54) is 4.90 Å². The van der Waals surface area contributed by atoms with Crippen LogP contribution < -0.4 is 9.62 Å². The van der Waals surface area contributed by atoms with Crippen LogP contribution in [0.15, 0.2) is 48.5 Å². The van der Waals surface area contributed by atoms with Gasteiger partial charge in [0.15, 0.2) is 0 Å². The van der Waals surface area contributed by atoms with Crippen LogP contribution in [0.5, 0.6) is 0 Å². The highest BCUT2D eigenvalue weighted by Gasteiger charge is 2.30. The molecule has 0 heterocycles. The van der Waals surface area contributed by atoms with Crippen LogP contribution in [0.25, 0.3) is 0 Å². The van der Waals surface area contributed by atoms with E-state index in [9.17, 15) is 18.0 Å². The molecule has 2 aromatic carbocycles. The Morgan fingerprint density at radius 1 is 1.00 bits per heavy atom. The fourth-order valence-corrected chi connectivity index (χ4v) is 4.58. The van der Waals surface area contributed by atoms with E-state index in [4.69, 9.17) is 0 Å². The molecule has 0 spiro atoms. The molecule has 0 saturated heterocycles. The van der Waals surface area contributed by atoms with Crippen LogP contribution in [-0.4, -0.2) is 50.5 Å². The monoisotopic (exact) mass is 501 g/mol. The maximum atomic E-state index is 13.6. The molecule has 2 rings (SSSR count). The molecule has 0 radical (unpaired) electrons. The van der Waals surface area contributed by atoms with Gasteiger partial charge in [0.05, 0.1) is 11.9 Å². The Balaban J connectivity index is 2.36. The second-order valence-corrected chi connectivity index (χ2v) is 11.2. The molecule has 1 N–H and O–H groups in total. The highest BCUT2D eigenvalue weighted by molar-refractivity contribution is 7.92. The Morgan fingerprint density at radius 3 is 2.17 bits per heavy atom. The van der Waals surface area contributed by atoms with Crippen molar-refractivity contribution in [2.75, 3.05) is 23.7 Å². The number of hydrogen-bond donors (Lipinski definition) is 1. The zero-order chi connectivity index (χ0) is 26.2. The van der Waals surface area contributed by atoms with Crippen LogP contribution in [0.2, 0.25) is 0 Å². The second-order valence-electron chi connectivity index (χ2n) is 9.28. The predicted octanol–water partition coefficient (Wildman–Crippen LogP) is 4.22. The van der Waals surface area contributed by atoms with Crippen molar-refractivity contribution in [1.82, 2.24) is 10.2 Å². The SMILES string of the molecule is CCCCNC(=O)C(C)N(Cc1ccccc1C)C(=O)CN(c1ccc(C(C)C)cc1)S(C)(=O)=O. The van der Waals surface area contributed by atoms with Gasteiger partial charge in [0.25, 0.3) is 0 Å². The van der Waals surface area contributed by atoms with E-state index in [1.54, 1.807) is 19.1 Å². The molecule has 0 bridgehead atoms. The van der Waals surface area contributed by atoms with E-state index >= 15 is 0 Å². The Kier molecular flexibility index (Phi) is 10.3. The second kappa shape index (κ2) is 12.7. The fourth-order valence-electron chi connectivity index (χ4n) is 3.73. The molecule has 0 aliphatic heterocycles. The third-order valence-corrected chi connectivity index (χ3v) is 7.27. The predicted molar refractivity (Wildman–Crippen MR) is 142 cm³/mol. The van der Waals surface area contributed by atoms with Gasteiger partial charge >= 0.3 is 0 Å². The standard InChI is InChI=1S/C27H39N3O4S/c1-7-8-17-28-27(32)22(5)29(18-24-12-10-9-11-21(24)4)26(31)19-30(35(6,33)34)25-15-13-23(14-16-25)20(2)3/h9-16,20,22H,7-8,17-19H2,1-6H3,(H,28,32). The molecule has 0 fully saturated rings. The Labute approximate surface area is 210 Å². The Bertz CT molecular complexity index is 1100. The van der Waals surface area contributed by atoms with Crippen LogP contribution in [0, 0.1) is 6.92 Å². The number of benzene rings is 2. The minimum Gasteiger partial charge on any atom is -0.354 e. The Morgan fingerprint density at radius 2 is 1.63 bits per heavy atom. The summed E-state index contributed by atoms with van der Waals surface area (Å²) in [6.45, 7) is 10.1. The maximum Gasteiger partial charge on any atom is 0.244 e. The number of sulfonamides is 1. The molecule has 2 aromatic rings. The van der Waals surface area contributed by atoms with E-state index < -0.39 is 28.5 Å². The first-order valence-corrected chi connectivity index (χ1v) is 14.0. The number of nitrogens with one attached hydrogen (secondary N) is 1. The van der Waals surface area contributed by atoms with Crippen LogP contribution in [0.3, 0.4) is 0 Å². The fraction of sp³-hybridized carbons (Fsp3) is 0.481. The zero-order valence-electron chi connectivity index (χ0n) is 21.7. The van der Waals surface area contributed by atoms with Crippen LogP contribution in [-0.2, 0) is 26.2 Å². The number of unbranched alkanes of at least 4 members (excludes halogenated alkanes) is 1. The average molecular weight is 502 g/mol. The van der Waals surface area contributed by atoms with Crippen molar-refractivity contribution in [2.45, 2.75) is 66.0 Å². The van der Waals surface area contributed by atoms with Crippen LogP contribution in [0.4, 0.5) is 5.69 Å². The molecule has 0 aliphatic carbocycles. The first-order chi connectivity index (χ1) is 16.5. The van der Waals surface area contributed by atoms with Gasteiger partial charge in [-0.05, 0) is 55.0 Å². The summed E-state index contributed by atoms with van der Waals surface area (Å²) in [7, 11) is -3.74. The highest BCUT2D eigenvalue weighted by atomic mass is 32.2. The minimum absolute atomic E-state index is 0.206. The van der Waals surface area contributed by atoms with E-state index in [-0.39, 0.29) is 12.5 Å². The summed E-state index contributed by atoms with van der Waals surface area (Å²) in [4.78, 5) is 27.9. The summed E-state index contributed by atoms with van der Waals surface area (Å²) in [6.07, 6.45) is 2.88. The van der Waals surface area contributed by atoms with Gasteiger partial charge in [0, 0.05) is 13.1 Å². The number of carbonyl (C=O) groups excluding carboxylic acids is 2. The summed E-state index contributed by atoms with van der Waals surface area (Å²) in [5.41, 5.74) is 3.39. The van der Waals surface area contributed by atoms with E-state index in [2.05, 4.69) is 19.2 Å². The van der Waals surface area contributed by atoms with Crippen LogP contribution in [0.1, 0.15) is 63.1 Å². The van der Waals surface area contributed by atoms with Gasteiger partial charge < -0.3 is 10.2 Å². The lowest BCUT2D eigenvalue weighted by Gasteiger charge is -2.32. The van der Waals surface area contributed by atoms with Crippen molar-refractivity contribution in [3.8, 4) is 0 Å². The number of rotatable bonds is 12. The van der Waals surface area contributed by atoms with Gasteiger partial charge in [-0.15, -0.1) is 0 Å². The molecule has 8 heteroatoms. The van der Waals surface area contributed by atoms with Crippen LogP contribution >= 0.6 is 0 Å². The molecule has 7 nitrogen and oxygen atoms in total. The Hall–Kier alpha value is -2.87. The lowest BCUT2D eigenvalue weighted by molar-refractivity contribution is -0.139.